The predicted octanol–water partition coefficient (Wildman–Crippen LogP) is 0.180. The van der Waals surface area contributed by atoms with Gasteiger partial charge in [-0.2, -0.15) is 0 Å². The molecule has 0 unspecified atom stereocenters. The van der Waals surface area contributed by atoms with Gasteiger partial charge < -0.3 is 23.4 Å². The van der Waals surface area contributed by atoms with E-state index in [9.17, 15) is 9.59 Å². The minimum Gasteiger partial charge on any atom is -0.339 e. The summed E-state index contributed by atoms with van der Waals surface area (Å²) in [5, 5.41) is 0. The molecule has 0 aromatic carbocycles. The zero-order valence-corrected chi connectivity index (χ0v) is 7.35. The second-order valence-corrected chi connectivity index (χ2v) is 1.25. The van der Waals surface area contributed by atoms with Gasteiger partial charge in [-0.25, -0.2) is 0 Å². The summed E-state index contributed by atoms with van der Waals surface area (Å²) in [6.45, 7) is 5.96. The van der Waals surface area contributed by atoms with Crippen LogP contribution < -0.4 is 0 Å². The molecular weight excluding hydrogens is 181 g/mol. The van der Waals surface area contributed by atoms with Gasteiger partial charge >= 0.3 is 0 Å². The summed E-state index contributed by atoms with van der Waals surface area (Å²) in [6, 6.07) is 0. The zero-order chi connectivity index (χ0) is 5.86. The summed E-state index contributed by atoms with van der Waals surface area (Å²) in [5.74, 6) is -0.750. The quantitative estimate of drug-likeness (QED) is 0.456. The first-order chi connectivity index (χ1) is 3.13. The van der Waals surface area contributed by atoms with E-state index in [2.05, 4.69) is 13.8 Å². The van der Waals surface area contributed by atoms with E-state index in [1.807, 2.05) is 0 Å². The molecular formula is C5H6O2Y-2. The van der Waals surface area contributed by atoms with Crippen molar-refractivity contribution in [1.29, 1.82) is 0 Å². The molecule has 0 aromatic rings. The topological polar surface area (TPSA) is 34.1 Å². The van der Waals surface area contributed by atoms with Gasteiger partial charge in [0.2, 0.25) is 0 Å². The summed E-state index contributed by atoms with van der Waals surface area (Å²) in [6.07, 6.45) is -0.139. The Kier molecular flexibility index (Phi) is 7.35. The van der Waals surface area contributed by atoms with Gasteiger partial charge in [-0.1, -0.05) is 0 Å². The van der Waals surface area contributed by atoms with Crippen molar-refractivity contribution in [3.63, 3.8) is 0 Å². The Hall–Kier alpha value is 0.184. The minimum atomic E-state index is -0.375. The van der Waals surface area contributed by atoms with Crippen molar-refractivity contribution in [1.82, 2.24) is 0 Å². The van der Waals surface area contributed by atoms with Crippen LogP contribution in [0, 0.1) is 13.8 Å². The van der Waals surface area contributed by atoms with E-state index in [1.165, 1.54) is 0 Å². The van der Waals surface area contributed by atoms with E-state index in [0.29, 0.717) is 0 Å². The second kappa shape index (κ2) is 5.32. The first-order valence-electron chi connectivity index (χ1n) is 1.82. The van der Waals surface area contributed by atoms with Gasteiger partial charge in [0.05, 0.1) is 0 Å². The van der Waals surface area contributed by atoms with Crippen LogP contribution in [0.1, 0.15) is 6.42 Å². The SMILES string of the molecule is [CH2-]C(=O)CC([CH2-])=O.[Y]. The summed E-state index contributed by atoms with van der Waals surface area (Å²) in [4.78, 5) is 19.8. The van der Waals surface area contributed by atoms with Gasteiger partial charge in [-0.3, -0.25) is 0 Å². The molecule has 0 saturated heterocycles. The predicted molar refractivity (Wildman–Crippen MR) is 25.3 cm³/mol. The van der Waals surface area contributed by atoms with Gasteiger partial charge in [0.25, 0.3) is 0 Å². The molecule has 0 bridgehead atoms. The molecule has 0 aromatic heterocycles. The average molecular weight is 187 g/mol. The van der Waals surface area contributed by atoms with Crippen LogP contribution >= 0.6 is 0 Å². The van der Waals surface area contributed by atoms with E-state index in [4.69, 9.17) is 0 Å². The molecule has 0 amide bonds. The standard InChI is InChI=1S/C5H6O2.Y/c1-4(6)3-5(2)7;/h1-3H2;/q-2;. The smallest absolute Gasteiger partial charge is 0.00695 e. The molecule has 0 saturated carbocycles. The molecule has 0 heterocycles. The minimum absolute atomic E-state index is 0. The van der Waals surface area contributed by atoms with E-state index >= 15 is 0 Å². The van der Waals surface area contributed by atoms with Crippen molar-refractivity contribution in [2.45, 2.75) is 6.42 Å². The number of carbonyl (C=O) groups is 2. The maximum atomic E-state index is 9.88. The Morgan fingerprint density at radius 1 is 1.12 bits per heavy atom. The molecule has 1 radical (unpaired) electrons. The van der Waals surface area contributed by atoms with E-state index < -0.39 is 0 Å². The Labute approximate surface area is 73.9 Å². The molecule has 3 heteroatoms. The first-order valence-corrected chi connectivity index (χ1v) is 1.82. The van der Waals surface area contributed by atoms with Crippen LogP contribution in [0.15, 0.2) is 0 Å². The number of hydrogen-bond donors (Lipinski definition) is 0. The molecule has 0 rings (SSSR count). The molecule has 0 aliphatic rings. The molecule has 0 N–H and O–H groups in total. The molecule has 0 spiro atoms. The zero-order valence-electron chi connectivity index (χ0n) is 4.52. The van der Waals surface area contributed by atoms with Crippen LogP contribution in [-0.2, 0) is 42.3 Å². The van der Waals surface area contributed by atoms with Crippen LogP contribution in [0.25, 0.3) is 0 Å². The largest absolute Gasteiger partial charge is 0.339 e. The number of Topliss-reactive ketones (excluding diaryl/α,β-unsaturated/α-hetero) is 2. The molecule has 0 atom stereocenters. The number of carbonyl (C=O) groups excluding carboxylic acids is 2. The van der Waals surface area contributed by atoms with Gasteiger partial charge in [-0.05, 0) is 0 Å². The summed E-state index contributed by atoms with van der Waals surface area (Å²) < 4.78 is 0. The van der Waals surface area contributed by atoms with Gasteiger partial charge in [0.15, 0.2) is 0 Å². The third-order valence-corrected chi connectivity index (χ3v) is 0.394. The third kappa shape index (κ3) is 9.49. The Morgan fingerprint density at radius 2 is 1.38 bits per heavy atom. The Balaban J connectivity index is 0. The number of ketones is 2. The van der Waals surface area contributed by atoms with Gasteiger partial charge in [-0.15, -0.1) is 0 Å². The summed E-state index contributed by atoms with van der Waals surface area (Å²) >= 11 is 0. The van der Waals surface area contributed by atoms with Crippen LogP contribution in [0.2, 0.25) is 0 Å². The second-order valence-electron chi connectivity index (χ2n) is 1.25. The van der Waals surface area contributed by atoms with E-state index in [-0.39, 0.29) is 50.7 Å². The third-order valence-electron chi connectivity index (χ3n) is 0.394. The summed E-state index contributed by atoms with van der Waals surface area (Å²) in [7, 11) is 0. The van der Waals surface area contributed by atoms with Gasteiger partial charge in [0.1, 0.15) is 0 Å². The van der Waals surface area contributed by atoms with Crippen LogP contribution in [0.5, 0.6) is 0 Å². The molecule has 0 aliphatic carbocycles. The fraction of sp³-hybridized carbons (Fsp3) is 0.200. The molecule has 0 aliphatic heterocycles. The molecule has 43 valence electrons. The fourth-order valence-corrected chi connectivity index (χ4v) is 0.220. The first kappa shape index (κ1) is 11.0. The van der Waals surface area contributed by atoms with Crippen molar-refractivity contribution < 1.29 is 42.3 Å². The van der Waals surface area contributed by atoms with Crippen LogP contribution in [-0.4, -0.2) is 11.6 Å². The van der Waals surface area contributed by atoms with Gasteiger partial charge in [0, 0.05) is 50.7 Å². The number of rotatable bonds is 2. The Morgan fingerprint density at radius 3 is 1.38 bits per heavy atom. The maximum Gasteiger partial charge on any atom is 0.00695 e. The van der Waals surface area contributed by atoms with E-state index in [1.54, 1.807) is 0 Å². The fourth-order valence-electron chi connectivity index (χ4n) is 0.220. The van der Waals surface area contributed by atoms with Crippen molar-refractivity contribution in [3.05, 3.63) is 13.8 Å². The van der Waals surface area contributed by atoms with Crippen molar-refractivity contribution >= 4 is 11.6 Å². The van der Waals surface area contributed by atoms with Crippen LogP contribution in [0.3, 0.4) is 0 Å². The van der Waals surface area contributed by atoms with Crippen molar-refractivity contribution in [2.24, 2.45) is 0 Å². The average Bonchev–Trinajstić information content (AvgIpc) is 1.27. The summed E-state index contributed by atoms with van der Waals surface area (Å²) in [5.41, 5.74) is 0. The molecule has 0 fully saturated rings. The van der Waals surface area contributed by atoms with Crippen molar-refractivity contribution in [3.8, 4) is 0 Å². The molecule has 8 heavy (non-hydrogen) atoms. The molecule has 2 nitrogen and oxygen atoms in total. The number of hydrogen-bond acceptors (Lipinski definition) is 2. The normalized spacial score (nSPS) is 7.00. The van der Waals surface area contributed by atoms with E-state index in [0.717, 1.165) is 0 Å². The monoisotopic (exact) mass is 187 g/mol. The van der Waals surface area contributed by atoms with Crippen LogP contribution in [0.4, 0.5) is 0 Å². The Bertz CT molecular complexity index is 86.6. The van der Waals surface area contributed by atoms with Crippen molar-refractivity contribution in [2.75, 3.05) is 0 Å². The maximum absolute atomic E-state index is 9.88.